The molecule has 2 N–H and O–H groups in total. The van der Waals surface area contributed by atoms with E-state index in [1.807, 2.05) is 19.9 Å². The number of carbonyl (C=O) groups is 1. The van der Waals surface area contributed by atoms with Gasteiger partial charge in [-0.05, 0) is 37.0 Å². The smallest absolute Gasteiger partial charge is 0.321 e. The van der Waals surface area contributed by atoms with E-state index in [1.165, 1.54) is 18.2 Å². The highest BCUT2D eigenvalue weighted by Gasteiger charge is 2.27. The van der Waals surface area contributed by atoms with E-state index in [0.29, 0.717) is 5.56 Å². The number of aryl methyl sites for hydroxylation is 1. The zero-order chi connectivity index (χ0) is 16.2. The number of nitrogens with one attached hydrogen (secondary N) is 1. The van der Waals surface area contributed by atoms with Crippen LogP contribution in [0.1, 0.15) is 31.4 Å². The van der Waals surface area contributed by atoms with Gasteiger partial charge in [-0.1, -0.05) is 19.9 Å². The van der Waals surface area contributed by atoms with Crippen LogP contribution in [0, 0.1) is 24.2 Å². The Balaban J connectivity index is 3.16. The predicted molar refractivity (Wildman–Crippen MR) is 77.1 cm³/mol. The molecule has 0 bridgehead atoms. The lowest BCUT2D eigenvalue weighted by molar-refractivity contribution is -0.139. The van der Waals surface area contributed by atoms with Crippen molar-refractivity contribution in [3.63, 3.8) is 0 Å². The number of hydrogen-bond acceptors (Lipinski definition) is 4. The minimum atomic E-state index is -4.00. The molecule has 1 rings (SSSR count). The molecule has 114 valence electrons. The van der Waals surface area contributed by atoms with Crippen LogP contribution in [0.5, 0.6) is 0 Å². The van der Waals surface area contributed by atoms with E-state index in [1.54, 1.807) is 6.92 Å². The Kier molecular flexibility index (Phi) is 5.47. The second kappa shape index (κ2) is 6.70. The average molecular weight is 310 g/mol. The molecule has 7 heteroatoms. The quantitative estimate of drug-likeness (QED) is 0.830. The molecule has 1 atom stereocenters. The first-order valence-corrected chi connectivity index (χ1v) is 7.91. The van der Waals surface area contributed by atoms with Gasteiger partial charge in [0.2, 0.25) is 10.0 Å². The summed E-state index contributed by atoms with van der Waals surface area (Å²) in [4.78, 5) is 11.1. The number of carboxylic acids is 1. The molecule has 0 amide bonds. The highest BCUT2D eigenvalue weighted by Crippen LogP contribution is 2.18. The molecule has 0 aromatic heterocycles. The van der Waals surface area contributed by atoms with Crippen molar-refractivity contribution in [1.29, 1.82) is 5.26 Å². The highest BCUT2D eigenvalue weighted by atomic mass is 32.2. The molecule has 21 heavy (non-hydrogen) atoms. The summed E-state index contributed by atoms with van der Waals surface area (Å²) in [6, 6.07) is 4.94. The molecular formula is C14H18N2O4S. The van der Waals surface area contributed by atoms with E-state index in [-0.39, 0.29) is 22.8 Å². The summed E-state index contributed by atoms with van der Waals surface area (Å²) in [5, 5.41) is 18.0. The van der Waals surface area contributed by atoms with Crippen LogP contribution in [-0.2, 0) is 14.8 Å². The molecule has 0 fully saturated rings. The Labute approximate surface area is 124 Å². The second-order valence-corrected chi connectivity index (χ2v) is 6.92. The first-order chi connectivity index (χ1) is 9.67. The Morgan fingerprint density at radius 1 is 1.43 bits per heavy atom. The van der Waals surface area contributed by atoms with E-state index in [9.17, 15) is 13.2 Å². The van der Waals surface area contributed by atoms with Crippen LogP contribution in [0.3, 0.4) is 0 Å². The monoisotopic (exact) mass is 310 g/mol. The van der Waals surface area contributed by atoms with Crippen LogP contribution < -0.4 is 4.72 Å². The van der Waals surface area contributed by atoms with E-state index in [4.69, 9.17) is 10.4 Å². The molecule has 0 saturated carbocycles. The zero-order valence-electron chi connectivity index (χ0n) is 12.1. The molecule has 0 aliphatic heterocycles. The van der Waals surface area contributed by atoms with Gasteiger partial charge < -0.3 is 5.11 Å². The number of aliphatic carboxylic acids is 1. The molecule has 0 aliphatic rings. The fourth-order valence-corrected chi connectivity index (χ4v) is 3.35. The van der Waals surface area contributed by atoms with Crippen LogP contribution in [0.4, 0.5) is 0 Å². The normalized spacial score (nSPS) is 12.9. The van der Waals surface area contributed by atoms with Crippen LogP contribution in [0.2, 0.25) is 0 Å². The van der Waals surface area contributed by atoms with Crippen molar-refractivity contribution < 1.29 is 18.3 Å². The molecule has 1 aromatic rings. The maximum Gasteiger partial charge on any atom is 0.321 e. The number of nitriles is 1. The van der Waals surface area contributed by atoms with Crippen molar-refractivity contribution in [3.05, 3.63) is 29.3 Å². The number of rotatable bonds is 6. The predicted octanol–water partition coefficient (Wildman–Crippen LogP) is 1.64. The molecule has 0 aliphatic carbocycles. The molecule has 0 unspecified atom stereocenters. The molecule has 0 heterocycles. The van der Waals surface area contributed by atoms with Gasteiger partial charge in [-0.2, -0.15) is 9.98 Å². The lowest BCUT2D eigenvalue weighted by atomic mass is 10.1. The summed E-state index contributed by atoms with van der Waals surface area (Å²) in [6.45, 7) is 5.21. The van der Waals surface area contributed by atoms with Gasteiger partial charge in [0.1, 0.15) is 6.04 Å². The summed E-state index contributed by atoms with van der Waals surface area (Å²) in [7, 11) is -4.00. The van der Waals surface area contributed by atoms with Crippen LogP contribution >= 0.6 is 0 Å². The van der Waals surface area contributed by atoms with Crippen molar-refractivity contribution in [2.45, 2.75) is 38.1 Å². The Bertz CT molecular complexity index is 675. The van der Waals surface area contributed by atoms with Crippen molar-refractivity contribution >= 4 is 16.0 Å². The van der Waals surface area contributed by atoms with Gasteiger partial charge >= 0.3 is 5.97 Å². The molecule has 0 radical (unpaired) electrons. The lowest BCUT2D eigenvalue weighted by Gasteiger charge is -2.17. The van der Waals surface area contributed by atoms with Crippen molar-refractivity contribution in [2.24, 2.45) is 5.92 Å². The minimum Gasteiger partial charge on any atom is -0.480 e. The molecule has 1 aromatic carbocycles. The van der Waals surface area contributed by atoms with Gasteiger partial charge in [-0.25, -0.2) is 8.42 Å². The zero-order valence-corrected chi connectivity index (χ0v) is 12.9. The summed E-state index contributed by atoms with van der Waals surface area (Å²) >= 11 is 0. The SMILES string of the molecule is Cc1ccc(C#N)cc1S(=O)(=O)N[C@H](CC(C)C)C(=O)O. The first kappa shape index (κ1) is 17.1. The van der Waals surface area contributed by atoms with Crippen molar-refractivity contribution in [3.8, 4) is 6.07 Å². The van der Waals surface area contributed by atoms with Gasteiger partial charge in [-0.15, -0.1) is 0 Å². The Morgan fingerprint density at radius 3 is 2.52 bits per heavy atom. The van der Waals surface area contributed by atoms with Gasteiger partial charge in [0, 0.05) is 0 Å². The number of carboxylic acid groups (broad SMARTS) is 1. The highest BCUT2D eigenvalue weighted by molar-refractivity contribution is 7.89. The summed E-state index contributed by atoms with van der Waals surface area (Å²) < 4.78 is 26.9. The fourth-order valence-electron chi connectivity index (χ4n) is 1.88. The van der Waals surface area contributed by atoms with Gasteiger partial charge in [0.05, 0.1) is 16.5 Å². The summed E-state index contributed by atoms with van der Waals surface area (Å²) in [5.74, 6) is -1.19. The molecule has 6 nitrogen and oxygen atoms in total. The van der Waals surface area contributed by atoms with E-state index >= 15 is 0 Å². The fraction of sp³-hybridized carbons (Fsp3) is 0.429. The topological polar surface area (TPSA) is 107 Å². The molecular weight excluding hydrogens is 292 g/mol. The van der Waals surface area contributed by atoms with Gasteiger partial charge in [0.25, 0.3) is 0 Å². The lowest BCUT2D eigenvalue weighted by Crippen LogP contribution is -2.41. The van der Waals surface area contributed by atoms with Crippen LogP contribution in [0.25, 0.3) is 0 Å². The first-order valence-electron chi connectivity index (χ1n) is 6.43. The van der Waals surface area contributed by atoms with Crippen LogP contribution in [0.15, 0.2) is 23.1 Å². The van der Waals surface area contributed by atoms with Gasteiger partial charge in [0.15, 0.2) is 0 Å². The van der Waals surface area contributed by atoms with E-state index in [2.05, 4.69) is 4.72 Å². The number of benzene rings is 1. The maximum absolute atomic E-state index is 12.3. The number of hydrogen-bond donors (Lipinski definition) is 2. The maximum atomic E-state index is 12.3. The molecule has 0 spiro atoms. The van der Waals surface area contributed by atoms with E-state index < -0.39 is 22.0 Å². The third kappa shape index (κ3) is 4.55. The Hall–Kier alpha value is -1.91. The molecule has 0 saturated heterocycles. The van der Waals surface area contributed by atoms with Crippen LogP contribution in [-0.4, -0.2) is 25.5 Å². The third-order valence-corrected chi connectivity index (χ3v) is 4.52. The van der Waals surface area contributed by atoms with Crippen molar-refractivity contribution in [2.75, 3.05) is 0 Å². The van der Waals surface area contributed by atoms with E-state index in [0.717, 1.165) is 0 Å². The summed E-state index contributed by atoms with van der Waals surface area (Å²) in [6.07, 6.45) is 0.186. The largest absolute Gasteiger partial charge is 0.480 e. The number of nitrogens with zero attached hydrogens (tertiary/aromatic N) is 1. The second-order valence-electron chi connectivity index (χ2n) is 5.23. The van der Waals surface area contributed by atoms with Gasteiger partial charge in [-0.3, -0.25) is 4.79 Å². The third-order valence-electron chi connectivity index (χ3n) is 2.91. The Morgan fingerprint density at radius 2 is 2.05 bits per heavy atom. The standard InChI is InChI=1S/C14H18N2O4S/c1-9(2)6-12(14(17)18)16-21(19,20)13-7-11(8-15)5-4-10(13)3/h4-5,7,9,12,16H,6H2,1-3H3,(H,17,18)/t12-/m1/s1. The van der Waals surface area contributed by atoms with Crippen molar-refractivity contribution in [1.82, 2.24) is 4.72 Å². The average Bonchev–Trinajstić information content (AvgIpc) is 2.37. The minimum absolute atomic E-state index is 0.0281. The number of sulfonamides is 1. The summed E-state index contributed by atoms with van der Waals surface area (Å²) in [5.41, 5.74) is 0.659.